The molecule has 1 saturated heterocycles. The van der Waals surface area contributed by atoms with Gasteiger partial charge in [0.15, 0.2) is 0 Å². The molecule has 106 valence electrons. The monoisotopic (exact) mass is 280 g/mol. The third-order valence-electron chi connectivity index (χ3n) is 4.84. The van der Waals surface area contributed by atoms with Gasteiger partial charge in [0.05, 0.1) is 17.5 Å². The molecule has 1 spiro atoms. The summed E-state index contributed by atoms with van der Waals surface area (Å²) in [4.78, 5) is 30.6. The number of carbonyl (C=O) groups excluding carboxylic acids is 2. The lowest BCUT2D eigenvalue weighted by Gasteiger charge is -2.35. The molecule has 2 heterocycles. The van der Waals surface area contributed by atoms with Crippen molar-refractivity contribution >= 4 is 22.7 Å². The quantitative estimate of drug-likeness (QED) is 0.795. The van der Waals surface area contributed by atoms with E-state index >= 15 is 0 Å². The van der Waals surface area contributed by atoms with Gasteiger partial charge >= 0.3 is 0 Å². The topological polar surface area (TPSA) is 50.3 Å². The maximum absolute atomic E-state index is 12.5. The lowest BCUT2D eigenvalue weighted by molar-refractivity contribution is -0.144. The number of likely N-dealkylation sites (tertiary alicyclic amines) is 1. The Labute approximate surface area is 122 Å². The van der Waals surface area contributed by atoms with Crippen molar-refractivity contribution in [1.29, 1.82) is 0 Å². The van der Waals surface area contributed by atoms with E-state index in [1.54, 1.807) is 6.20 Å². The second-order valence-electron chi connectivity index (χ2n) is 6.09. The summed E-state index contributed by atoms with van der Waals surface area (Å²) in [6.45, 7) is 0.341. The van der Waals surface area contributed by atoms with E-state index in [1.807, 2.05) is 30.3 Å². The summed E-state index contributed by atoms with van der Waals surface area (Å²) in [5, 5.41) is 1.03. The van der Waals surface area contributed by atoms with Crippen molar-refractivity contribution in [2.75, 3.05) is 0 Å². The fourth-order valence-electron chi connectivity index (χ4n) is 3.48. The average molecular weight is 280 g/mol. The Morgan fingerprint density at radius 1 is 1.14 bits per heavy atom. The molecule has 1 saturated carbocycles. The summed E-state index contributed by atoms with van der Waals surface area (Å²) in [7, 11) is 0. The fourth-order valence-corrected chi connectivity index (χ4v) is 3.48. The summed E-state index contributed by atoms with van der Waals surface area (Å²) in [6, 6.07) is 9.77. The first-order valence-corrected chi connectivity index (χ1v) is 7.37. The molecule has 1 aliphatic heterocycles. The number of aromatic nitrogens is 1. The van der Waals surface area contributed by atoms with Crippen LogP contribution < -0.4 is 0 Å². The van der Waals surface area contributed by atoms with E-state index < -0.39 is 0 Å². The van der Waals surface area contributed by atoms with Crippen molar-refractivity contribution in [2.45, 2.75) is 32.2 Å². The zero-order chi connectivity index (χ0) is 14.4. The van der Waals surface area contributed by atoms with Gasteiger partial charge in [0.2, 0.25) is 11.8 Å². The highest BCUT2D eigenvalue weighted by Gasteiger charge is 2.54. The Morgan fingerprint density at radius 3 is 2.67 bits per heavy atom. The normalized spacial score (nSPS) is 20.3. The number of hydrogen-bond acceptors (Lipinski definition) is 3. The van der Waals surface area contributed by atoms with Gasteiger partial charge in [-0.3, -0.25) is 19.5 Å². The molecular formula is C17H16N2O2. The van der Waals surface area contributed by atoms with Crippen LogP contribution in [0.4, 0.5) is 0 Å². The Bertz CT molecular complexity index is 744. The Balaban J connectivity index is 1.69. The van der Waals surface area contributed by atoms with E-state index in [4.69, 9.17) is 0 Å². The smallest absolute Gasteiger partial charge is 0.236 e. The van der Waals surface area contributed by atoms with E-state index in [-0.39, 0.29) is 17.2 Å². The van der Waals surface area contributed by atoms with Crippen LogP contribution in [0.25, 0.3) is 10.9 Å². The number of pyridine rings is 1. The molecule has 0 bridgehead atoms. The van der Waals surface area contributed by atoms with Gasteiger partial charge in [-0.1, -0.05) is 30.7 Å². The van der Waals surface area contributed by atoms with Crippen LogP contribution in [-0.2, 0) is 16.1 Å². The van der Waals surface area contributed by atoms with Crippen LogP contribution >= 0.6 is 0 Å². The molecule has 0 atom stereocenters. The lowest BCUT2D eigenvalue weighted by Crippen LogP contribution is -2.39. The molecule has 2 aliphatic rings. The second-order valence-corrected chi connectivity index (χ2v) is 6.09. The molecule has 1 aromatic carbocycles. The van der Waals surface area contributed by atoms with Gasteiger partial charge in [0.25, 0.3) is 0 Å². The molecule has 0 unspecified atom stereocenters. The number of para-hydroxylation sites is 1. The molecule has 2 amide bonds. The van der Waals surface area contributed by atoms with Crippen LogP contribution in [0.5, 0.6) is 0 Å². The van der Waals surface area contributed by atoms with Crippen molar-refractivity contribution in [3.05, 3.63) is 42.1 Å². The molecule has 4 nitrogen and oxygen atoms in total. The first-order chi connectivity index (χ1) is 10.2. The van der Waals surface area contributed by atoms with Crippen molar-refractivity contribution in [2.24, 2.45) is 5.41 Å². The van der Waals surface area contributed by atoms with Crippen molar-refractivity contribution in [1.82, 2.24) is 9.88 Å². The molecule has 2 fully saturated rings. The number of rotatable bonds is 2. The predicted molar refractivity (Wildman–Crippen MR) is 78.2 cm³/mol. The maximum Gasteiger partial charge on any atom is 0.236 e. The van der Waals surface area contributed by atoms with Gasteiger partial charge in [0.1, 0.15) is 0 Å². The van der Waals surface area contributed by atoms with Gasteiger partial charge in [-0.25, -0.2) is 0 Å². The molecule has 0 radical (unpaired) electrons. The molecule has 1 aromatic heterocycles. The van der Waals surface area contributed by atoms with Crippen molar-refractivity contribution in [3.63, 3.8) is 0 Å². The zero-order valence-electron chi connectivity index (χ0n) is 11.7. The van der Waals surface area contributed by atoms with Gasteiger partial charge in [-0.15, -0.1) is 0 Å². The lowest BCUT2D eigenvalue weighted by atomic mass is 9.68. The molecule has 1 aliphatic carbocycles. The standard InChI is InChI=1S/C17H16N2O2/c20-14-10-17(7-3-8-17)16(21)19(14)11-13-5-1-4-12-6-2-9-18-15(12)13/h1-2,4-6,9H,3,7-8,10-11H2. The Morgan fingerprint density at radius 2 is 1.95 bits per heavy atom. The predicted octanol–water partition coefficient (Wildman–Crippen LogP) is 2.66. The van der Waals surface area contributed by atoms with Crippen molar-refractivity contribution < 1.29 is 9.59 Å². The number of carbonyl (C=O) groups is 2. The van der Waals surface area contributed by atoms with E-state index in [9.17, 15) is 9.59 Å². The summed E-state index contributed by atoms with van der Waals surface area (Å²) < 4.78 is 0. The number of fused-ring (bicyclic) bond motifs is 1. The highest BCUT2D eigenvalue weighted by atomic mass is 16.2. The van der Waals surface area contributed by atoms with Crippen LogP contribution in [0.3, 0.4) is 0 Å². The summed E-state index contributed by atoms with van der Waals surface area (Å²) in [5.41, 5.74) is 1.44. The highest BCUT2D eigenvalue weighted by molar-refractivity contribution is 6.06. The third-order valence-corrected chi connectivity index (χ3v) is 4.84. The molecule has 21 heavy (non-hydrogen) atoms. The summed E-state index contributed by atoms with van der Waals surface area (Å²) >= 11 is 0. The van der Waals surface area contributed by atoms with Gasteiger partial charge in [-0.05, 0) is 24.5 Å². The Hall–Kier alpha value is -2.23. The van der Waals surface area contributed by atoms with Crippen LogP contribution in [0.15, 0.2) is 36.5 Å². The largest absolute Gasteiger partial charge is 0.278 e. The number of hydrogen-bond donors (Lipinski definition) is 0. The highest BCUT2D eigenvalue weighted by Crippen LogP contribution is 2.49. The van der Waals surface area contributed by atoms with Crippen LogP contribution in [0, 0.1) is 5.41 Å². The first-order valence-electron chi connectivity index (χ1n) is 7.37. The number of amides is 2. The second kappa shape index (κ2) is 4.38. The molecule has 4 heteroatoms. The zero-order valence-corrected chi connectivity index (χ0v) is 11.7. The molecular weight excluding hydrogens is 264 g/mol. The molecule has 4 rings (SSSR count). The van der Waals surface area contributed by atoms with Gasteiger partial charge in [0, 0.05) is 18.0 Å². The van der Waals surface area contributed by atoms with E-state index in [2.05, 4.69) is 4.98 Å². The minimum atomic E-state index is -0.366. The SMILES string of the molecule is O=C1CC2(CCC2)C(=O)N1Cc1cccc2cccnc12. The Kier molecular flexibility index (Phi) is 2.61. The maximum atomic E-state index is 12.5. The first kappa shape index (κ1) is 12.5. The van der Waals surface area contributed by atoms with Gasteiger partial charge < -0.3 is 0 Å². The number of imide groups is 1. The minimum Gasteiger partial charge on any atom is -0.278 e. The summed E-state index contributed by atoms with van der Waals surface area (Å²) in [6.07, 6.45) is 4.92. The molecule has 0 N–H and O–H groups in total. The average Bonchev–Trinajstić information content (AvgIpc) is 2.72. The van der Waals surface area contributed by atoms with Crippen molar-refractivity contribution in [3.8, 4) is 0 Å². The van der Waals surface area contributed by atoms with E-state index in [0.717, 1.165) is 35.7 Å². The van der Waals surface area contributed by atoms with E-state index in [1.165, 1.54) is 4.90 Å². The summed E-state index contributed by atoms with van der Waals surface area (Å²) in [5.74, 6) is -0.0145. The molecule has 2 aromatic rings. The van der Waals surface area contributed by atoms with Crippen LogP contribution in [0.2, 0.25) is 0 Å². The number of benzene rings is 1. The third kappa shape index (κ3) is 1.78. The minimum absolute atomic E-state index is 0.0201. The number of nitrogens with zero attached hydrogens (tertiary/aromatic N) is 2. The van der Waals surface area contributed by atoms with Gasteiger partial charge in [-0.2, -0.15) is 0 Å². The van der Waals surface area contributed by atoms with Crippen LogP contribution in [0.1, 0.15) is 31.2 Å². The van der Waals surface area contributed by atoms with E-state index in [0.29, 0.717) is 13.0 Å². The fraction of sp³-hybridized carbons (Fsp3) is 0.353. The van der Waals surface area contributed by atoms with Crippen LogP contribution in [-0.4, -0.2) is 21.7 Å².